The Bertz CT molecular complexity index is 4480. The van der Waals surface area contributed by atoms with Gasteiger partial charge in [0.1, 0.15) is 0 Å². The van der Waals surface area contributed by atoms with Gasteiger partial charge >= 0.3 is 0 Å². The summed E-state index contributed by atoms with van der Waals surface area (Å²) in [6, 6.07) is 76.0. The molecule has 466 valence electrons. The van der Waals surface area contributed by atoms with Gasteiger partial charge in [0.05, 0.1) is 0 Å². The molecule has 90 heavy (non-hydrogen) atoms. The van der Waals surface area contributed by atoms with E-state index in [2.05, 4.69) is 262 Å². The first-order chi connectivity index (χ1) is 44.0. The number of hydrogen-bond acceptors (Lipinski definition) is 0. The quantitative estimate of drug-likeness (QED) is 0.133. The van der Waals surface area contributed by atoms with Crippen LogP contribution in [0.5, 0.6) is 0 Å². The molecule has 0 aliphatic carbocycles. The first-order valence-electron chi connectivity index (χ1n) is 34.2. The van der Waals surface area contributed by atoms with Gasteiger partial charge in [-0.15, -0.1) is 0 Å². The zero-order chi connectivity index (χ0) is 66.5. The van der Waals surface area contributed by atoms with Gasteiger partial charge in [0.15, 0.2) is 0 Å². The maximum absolute atomic E-state index is 2.33. The number of aryl methyl sites for hydroxylation is 8. The maximum atomic E-state index is 2.33. The summed E-state index contributed by atoms with van der Waals surface area (Å²) in [5.41, 5.74) is 10.8. The Morgan fingerprint density at radius 3 is 0.722 bits per heavy atom. The zero-order valence-corrected chi connectivity index (χ0v) is 59.6. The number of hydrogen-bond donors (Lipinski definition) is 0. The second-order valence-electron chi connectivity index (χ2n) is 21.3. The third-order valence-electron chi connectivity index (χ3n) is 16.3. The molecule has 0 spiro atoms. The van der Waals surface area contributed by atoms with Crippen LogP contribution < -0.4 is 0 Å². The van der Waals surface area contributed by atoms with Gasteiger partial charge < -0.3 is 0 Å². The SMILES string of the molecule is CC.CC.CC.CC.CC.CC.CC.CC.Cc1cc2c3ccccc3c(C)cc2c2ccccc12.Cc1cc2ccc(C)c3ccc4cccc1c4c23.Cc1cc2ccc3cc(C)cc4ccc(c1)c2c34.Cc1ccc2ccc3c(C)ccc4ccc1c2c43. The van der Waals surface area contributed by atoms with E-state index < -0.39 is 0 Å². The Balaban J connectivity index is 0.000000203. The average Bonchev–Trinajstić information content (AvgIpc) is 0.822. The Hall–Kier alpha value is -8.58. The molecule has 16 aromatic rings. The van der Waals surface area contributed by atoms with Gasteiger partial charge in [-0.05, 0) is 229 Å². The smallest absolute Gasteiger partial charge is 0.00239 e. The molecule has 16 rings (SSSR count). The summed E-state index contributed by atoms with van der Waals surface area (Å²) in [5.74, 6) is 0. The molecule has 0 saturated carbocycles. The van der Waals surface area contributed by atoms with Gasteiger partial charge in [-0.3, -0.25) is 0 Å². The van der Waals surface area contributed by atoms with E-state index in [1.807, 2.05) is 111 Å². The largest absolute Gasteiger partial charge is 0.0683 e. The fourth-order valence-corrected chi connectivity index (χ4v) is 12.7. The first-order valence-corrected chi connectivity index (χ1v) is 34.2. The Morgan fingerprint density at radius 2 is 0.378 bits per heavy atom. The topological polar surface area (TPSA) is 0 Å². The molecule has 16 aromatic carbocycles. The number of benzene rings is 16. The van der Waals surface area contributed by atoms with Gasteiger partial charge in [-0.1, -0.05) is 317 Å². The van der Waals surface area contributed by atoms with Gasteiger partial charge in [-0.2, -0.15) is 0 Å². The van der Waals surface area contributed by atoms with Gasteiger partial charge in [0, 0.05) is 0 Å². The second kappa shape index (κ2) is 34.4. The van der Waals surface area contributed by atoms with E-state index >= 15 is 0 Å². The highest BCUT2D eigenvalue weighted by Crippen LogP contribution is 2.40. The predicted molar refractivity (Wildman–Crippen MR) is 418 cm³/mol. The molecule has 0 N–H and O–H groups in total. The van der Waals surface area contributed by atoms with Crippen molar-refractivity contribution in [3.05, 3.63) is 251 Å². The van der Waals surface area contributed by atoms with E-state index in [-0.39, 0.29) is 0 Å². The minimum Gasteiger partial charge on any atom is -0.0683 e. The van der Waals surface area contributed by atoms with Crippen LogP contribution in [0.25, 0.3) is 129 Å². The van der Waals surface area contributed by atoms with Crippen molar-refractivity contribution < 1.29 is 0 Å². The highest BCUT2D eigenvalue weighted by atomic mass is 14.2. The third-order valence-corrected chi connectivity index (χ3v) is 16.3. The van der Waals surface area contributed by atoms with Crippen molar-refractivity contribution in [2.45, 2.75) is 166 Å². The molecule has 0 nitrogen and oxygen atoms in total. The Labute approximate surface area is 543 Å². The van der Waals surface area contributed by atoms with Crippen LogP contribution in [0.3, 0.4) is 0 Å². The fraction of sp³-hybridized carbons (Fsp3) is 0.267. The number of fused-ring (bicyclic) bond motifs is 5. The Morgan fingerprint density at radius 1 is 0.144 bits per heavy atom. The van der Waals surface area contributed by atoms with Crippen molar-refractivity contribution in [1.82, 2.24) is 0 Å². The lowest BCUT2D eigenvalue weighted by molar-refractivity contribution is 1.50. The highest BCUT2D eigenvalue weighted by molar-refractivity contribution is 6.26. The summed E-state index contributed by atoms with van der Waals surface area (Å²) in [4.78, 5) is 0. The maximum Gasteiger partial charge on any atom is -0.00239 e. The van der Waals surface area contributed by atoms with E-state index in [1.165, 1.54) is 174 Å². The van der Waals surface area contributed by atoms with Crippen LogP contribution in [-0.4, -0.2) is 0 Å². The van der Waals surface area contributed by atoms with Gasteiger partial charge in [-0.25, -0.2) is 0 Å². The van der Waals surface area contributed by atoms with Gasteiger partial charge in [0.25, 0.3) is 0 Å². The molecular weight excluding hydrogens is 1080 g/mol. The lowest BCUT2D eigenvalue weighted by Gasteiger charge is -2.14. The van der Waals surface area contributed by atoms with Crippen molar-refractivity contribution in [1.29, 1.82) is 0 Å². The van der Waals surface area contributed by atoms with Crippen molar-refractivity contribution in [3.63, 3.8) is 0 Å². The van der Waals surface area contributed by atoms with Crippen LogP contribution in [-0.2, 0) is 0 Å². The molecule has 0 heterocycles. The fourth-order valence-electron chi connectivity index (χ4n) is 12.7. The normalized spacial score (nSPS) is 10.2. The Kier molecular flexibility index (Phi) is 27.6. The van der Waals surface area contributed by atoms with E-state index in [4.69, 9.17) is 0 Å². The van der Waals surface area contributed by atoms with Gasteiger partial charge in [0.2, 0.25) is 0 Å². The van der Waals surface area contributed by atoms with E-state index in [0.717, 1.165) is 0 Å². The zero-order valence-electron chi connectivity index (χ0n) is 59.6. The molecule has 0 fully saturated rings. The summed E-state index contributed by atoms with van der Waals surface area (Å²) in [7, 11) is 0. The van der Waals surface area contributed by atoms with Crippen LogP contribution in [0.1, 0.15) is 155 Å². The second-order valence-corrected chi connectivity index (χ2v) is 21.3. The molecule has 0 aliphatic rings. The molecule has 0 atom stereocenters. The lowest BCUT2D eigenvalue weighted by atomic mass is 9.90. The van der Waals surface area contributed by atoms with E-state index in [1.54, 1.807) is 0 Å². The summed E-state index contributed by atoms with van der Waals surface area (Å²) in [6.07, 6.45) is 0. The molecule has 0 radical (unpaired) electrons. The van der Waals surface area contributed by atoms with E-state index in [9.17, 15) is 0 Å². The molecule has 0 bridgehead atoms. The molecular formula is C90H106. The van der Waals surface area contributed by atoms with Crippen molar-refractivity contribution in [2.75, 3.05) is 0 Å². The van der Waals surface area contributed by atoms with E-state index in [0.29, 0.717) is 0 Å². The number of rotatable bonds is 0. The van der Waals surface area contributed by atoms with Crippen LogP contribution in [0.4, 0.5) is 0 Å². The average molecular weight is 1190 g/mol. The van der Waals surface area contributed by atoms with Crippen molar-refractivity contribution >= 4 is 129 Å². The summed E-state index contributed by atoms with van der Waals surface area (Å²) < 4.78 is 0. The van der Waals surface area contributed by atoms with Crippen LogP contribution >= 0.6 is 0 Å². The van der Waals surface area contributed by atoms with Crippen LogP contribution in [0.2, 0.25) is 0 Å². The minimum absolute atomic E-state index is 1.33. The molecule has 0 heteroatoms. The summed E-state index contributed by atoms with van der Waals surface area (Å²) in [6.45, 7) is 49.5. The molecule has 0 aliphatic heterocycles. The molecule has 0 aromatic heterocycles. The van der Waals surface area contributed by atoms with Crippen LogP contribution in [0.15, 0.2) is 206 Å². The first kappa shape index (κ1) is 72.2. The predicted octanol–water partition coefficient (Wildman–Crippen LogP) is 29.6. The molecule has 0 amide bonds. The van der Waals surface area contributed by atoms with Crippen molar-refractivity contribution in [3.8, 4) is 0 Å². The lowest BCUT2D eigenvalue weighted by Crippen LogP contribution is -1.88. The van der Waals surface area contributed by atoms with Crippen molar-refractivity contribution in [2.24, 2.45) is 0 Å². The monoisotopic (exact) mass is 1190 g/mol. The standard InChI is InChI=1S/C20H16.3C18H14.8C2H6/c1-13-11-19-18-10-6-4-8-16(18)14(2)12-20(19)17-9-5-3-7-15(13)17;1-11-7-13-3-5-15-9-12(2)10-16-6-4-14(8-11)17(13)18(15)16;1-11-3-5-13-8-10-16-12(2)4-6-14-7-9-15(11)17(13)18(14)16;1-11-6-7-14-10-12(2)15-5-3-4-13-8-9-16(11)18(14)17(13)15;8*1-2/h3-12H,1-2H3;3*3-10H,1-2H3;8*1-2H3. The minimum atomic E-state index is 1.33. The summed E-state index contributed by atoms with van der Waals surface area (Å²) >= 11 is 0. The highest BCUT2D eigenvalue weighted by Gasteiger charge is 2.14. The molecule has 0 unspecified atom stereocenters. The third kappa shape index (κ3) is 14.5. The summed E-state index contributed by atoms with van der Waals surface area (Å²) in [5, 5.41) is 33.0. The van der Waals surface area contributed by atoms with Crippen LogP contribution in [0, 0.1) is 55.4 Å². The molecule has 0 saturated heterocycles.